The monoisotopic (exact) mass is 445 g/mol. The van der Waals surface area contributed by atoms with Crippen molar-refractivity contribution in [2.75, 3.05) is 13.1 Å². The van der Waals surface area contributed by atoms with Gasteiger partial charge in [-0.15, -0.1) is 0 Å². The van der Waals surface area contributed by atoms with E-state index in [0.29, 0.717) is 41.1 Å². The maximum atomic E-state index is 13.4. The van der Waals surface area contributed by atoms with E-state index in [4.69, 9.17) is 4.42 Å². The molecule has 168 valence electrons. The van der Waals surface area contributed by atoms with Crippen molar-refractivity contribution >= 4 is 17.0 Å². The quantitative estimate of drug-likeness (QED) is 0.480. The molecule has 4 aromatic rings. The summed E-state index contributed by atoms with van der Waals surface area (Å²) in [6.45, 7) is 3.99. The lowest BCUT2D eigenvalue weighted by Crippen LogP contribution is -2.28. The van der Waals surface area contributed by atoms with Crippen molar-refractivity contribution in [1.29, 1.82) is 0 Å². The van der Waals surface area contributed by atoms with Crippen molar-refractivity contribution in [2.24, 2.45) is 0 Å². The molecule has 1 unspecified atom stereocenters. The Balaban J connectivity index is 1.47. The summed E-state index contributed by atoms with van der Waals surface area (Å²) in [6, 6.07) is 14.6. The molecule has 1 atom stereocenters. The number of benzene rings is 1. The summed E-state index contributed by atoms with van der Waals surface area (Å²) in [4.78, 5) is 22.8. The van der Waals surface area contributed by atoms with E-state index < -0.39 is 11.8 Å². The van der Waals surface area contributed by atoms with E-state index in [2.05, 4.69) is 9.97 Å². The molecule has 5 rings (SSSR count). The third kappa shape index (κ3) is 4.12. The highest BCUT2D eigenvalue weighted by Crippen LogP contribution is 2.34. The summed E-state index contributed by atoms with van der Waals surface area (Å²) >= 11 is 0. The molecule has 1 aromatic carbocycles. The molecular weight excluding hydrogens is 421 g/mol. The Morgan fingerprint density at radius 2 is 1.85 bits per heavy atom. The van der Waals surface area contributed by atoms with E-state index >= 15 is 0 Å². The standard InChI is InChI=1S/C26H24FN3O3/c1-26(2,32)23-13-18(7-10-29-23)20-8-11-28-21-14-22(33-24(20)21)16-3-5-17(6-4-16)25(31)30-12-9-19(27)15-30/h3-8,10-11,13-14,19,32H,9,12,15H2,1-2H3. The lowest BCUT2D eigenvalue weighted by Gasteiger charge is -2.17. The fourth-order valence-corrected chi connectivity index (χ4v) is 4.10. The number of likely N-dealkylation sites (tertiary alicyclic amines) is 1. The van der Waals surface area contributed by atoms with E-state index in [1.165, 1.54) is 0 Å². The smallest absolute Gasteiger partial charge is 0.253 e. The van der Waals surface area contributed by atoms with Crippen LogP contribution in [0.4, 0.5) is 4.39 Å². The van der Waals surface area contributed by atoms with Crippen molar-refractivity contribution in [3.63, 3.8) is 0 Å². The first-order chi connectivity index (χ1) is 15.8. The maximum Gasteiger partial charge on any atom is 0.253 e. The van der Waals surface area contributed by atoms with Gasteiger partial charge in [0.15, 0.2) is 5.58 Å². The van der Waals surface area contributed by atoms with E-state index in [0.717, 1.165) is 16.7 Å². The highest BCUT2D eigenvalue weighted by Gasteiger charge is 2.26. The molecule has 1 aliphatic rings. The Kier molecular flexibility index (Phi) is 5.21. The van der Waals surface area contributed by atoms with E-state index in [9.17, 15) is 14.3 Å². The zero-order valence-corrected chi connectivity index (χ0v) is 18.5. The Hall–Kier alpha value is -3.58. The number of fused-ring (bicyclic) bond motifs is 1. The minimum absolute atomic E-state index is 0.156. The molecule has 0 spiro atoms. The number of carbonyl (C=O) groups is 1. The average molecular weight is 445 g/mol. The molecule has 0 saturated carbocycles. The largest absolute Gasteiger partial charge is 0.454 e. The van der Waals surface area contributed by atoms with Gasteiger partial charge in [0.05, 0.1) is 12.2 Å². The summed E-state index contributed by atoms with van der Waals surface area (Å²) < 4.78 is 19.6. The minimum Gasteiger partial charge on any atom is -0.454 e. The summed E-state index contributed by atoms with van der Waals surface area (Å²) in [5.74, 6) is 0.473. The third-order valence-electron chi connectivity index (χ3n) is 5.94. The predicted octanol–water partition coefficient (Wildman–Crippen LogP) is 4.97. The van der Waals surface area contributed by atoms with Gasteiger partial charge in [0.25, 0.3) is 5.91 Å². The molecule has 1 N–H and O–H groups in total. The lowest BCUT2D eigenvalue weighted by molar-refractivity contribution is 0.0738. The van der Waals surface area contributed by atoms with Crippen LogP contribution in [0.3, 0.4) is 0 Å². The van der Waals surface area contributed by atoms with Crippen molar-refractivity contribution in [3.8, 4) is 22.5 Å². The number of aromatic nitrogens is 2. The van der Waals surface area contributed by atoms with E-state index in [-0.39, 0.29) is 12.5 Å². The Bertz CT molecular complexity index is 1320. The van der Waals surface area contributed by atoms with Crippen LogP contribution in [0.1, 0.15) is 36.3 Å². The Labute approximate surface area is 190 Å². The summed E-state index contributed by atoms with van der Waals surface area (Å²) in [5, 5.41) is 10.3. The molecule has 6 nitrogen and oxygen atoms in total. The number of hydrogen-bond acceptors (Lipinski definition) is 5. The topological polar surface area (TPSA) is 79.5 Å². The van der Waals surface area contributed by atoms with Crippen LogP contribution in [0.15, 0.2) is 65.3 Å². The van der Waals surface area contributed by atoms with Crippen molar-refractivity contribution < 1.29 is 18.7 Å². The number of halogens is 1. The van der Waals surface area contributed by atoms with Crippen molar-refractivity contribution in [3.05, 3.63) is 72.2 Å². The number of amides is 1. The second-order valence-electron chi connectivity index (χ2n) is 8.89. The number of carbonyl (C=O) groups excluding carboxylic acids is 1. The van der Waals surface area contributed by atoms with Gasteiger partial charge in [0.2, 0.25) is 0 Å². The summed E-state index contributed by atoms with van der Waals surface area (Å²) in [6.07, 6.45) is 2.84. The second-order valence-corrected chi connectivity index (χ2v) is 8.89. The first-order valence-electron chi connectivity index (χ1n) is 10.9. The summed E-state index contributed by atoms with van der Waals surface area (Å²) in [5.41, 5.74) is 3.89. The van der Waals surface area contributed by atoms with Crippen molar-refractivity contribution in [2.45, 2.75) is 32.0 Å². The number of pyridine rings is 2. The van der Waals surface area contributed by atoms with Crippen LogP contribution in [-0.4, -0.2) is 45.1 Å². The number of furan rings is 1. The van der Waals surface area contributed by atoms with Gasteiger partial charge in [-0.3, -0.25) is 14.8 Å². The van der Waals surface area contributed by atoms with Crippen LogP contribution in [0, 0.1) is 0 Å². The SMILES string of the molecule is CC(C)(O)c1cc(-c2ccnc3cc(-c4ccc(C(=O)N5CCC(F)C5)cc4)oc23)ccn1. The number of alkyl halides is 1. The predicted molar refractivity (Wildman–Crippen MR) is 123 cm³/mol. The van der Waals surface area contributed by atoms with Gasteiger partial charge in [-0.1, -0.05) is 12.1 Å². The van der Waals surface area contributed by atoms with Gasteiger partial charge in [0, 0.05) is 41.7 Å². The fourth-order valence-electron chi connectivity index (χ4n) is 4.10. The van der Waals surface area contributed by atoms with Gasteiger partial charge in [-0.2, -0.15) is 0 Å². The minimum atomic E-state index is -1.06. The molecule has 4 heterocycles. The molecule has 1 aliphatic heterocycles. The molecular formula is C26H24FN3O3. The molecule has 0 radical (unpaired) electrons. The van der Waals surface area contributed by atoms with Gasteiger partial charge < -0.3 is 14.4 Å². The zero-order valence-electron chi connectivity index (χ0n) is 18.5. The van der Waals surface area contributed by atoms with Gasteiger partial charge in [0.1, 0.15) is 23.0 Å². The van der Waals surface area contributed by atoms with Crippen LogP contribution in [0.5, 0.6) is 0 Å². The zero-order chi connectivity index (χ0) is 23.2. The van der Waals surface area contributed by atoms with E-state index in [1.54, 1.807) is 43.3 Å². The van der Waals surface area contributed by atoms with Crippen LogP contribution in [-0.2, 0) is 5.60 Å². The second kappa shape index (κ2) is 8.08. The fraction of sp³-hybridized carbons (Fsp3) is 0.269. The molecule has 33 heavy (non-hydrogen) atoms. The number of aliphatic hydroxyl groups is 1. The normalized spacial score (nSPS) is 16.5. The number of nitrogens with zero attached hydrogens (tertiary/aromatic N) is 3. The average Bonchev–Trinajstić information content (AvgIpc) is 3.44. The molecule has 1 fully saturated rings. The Morgan fingerprint density at radius 3 is 2.55 bits per heavy atom. The van der Waals surface area contributed by atoms with Gasteiger partial charge >= 0.3 is 0 Å². The first-order valence-corrected chi connectivity index (χ1v) is 10.9. The highest BCUT2D eigenvalue weighted by molar-refractivity contribution is 5.95. The third-order valence-corrected chi connectivity index (χ3v) is 5.94. The number of hydrogen-bond donors (Lipinski definition) is 1. The first kappa shape index (κ1) is 21.3. The molecule has 1 amide bonds. The lowest BCUT2D eigenvalue weighted by atomic mass is 10.00. The molecule has 7 heteroatoms. The summed E-state index contributed by atoms with van der Waals surface area (Å²) in [7, 11) is 0. The Morgan fingerprint density at radius 1 is 1.09 bits per heavy atom. The molecule has 0 aliphatic carbocycles. The molecule has 3 aromatic heterocycles. The van der Waals surface area contributed by atoms with Crippen LogP contribution < -0.4 is 0 Å². The molecule has 0 bridgehead atoms. The number of rotatable bonds is 4. The van der Waals surface area contributed by atoms with Crippen LogP contribution in [0.25, 0.3) is 33.6 Å². The highest BCUT2D eigenvalue weighted by atomic mass is 19.1. The van der Waals surface area contributed by atoms with E-state index in [1.807, 2.05) is 36.4 Å². The van der Waals surface area contributed by atoms with Gasteiger partial charge in [-0.25, -0.2) is 4.39 Å². The van der Waals surface area contributed by atoms with Crippen LogP contribution in [0.2, 0.25) is 0 Å². The van der Waals surface area contributed by atoms with Gasteiger partial charge in [-0.05, 0) is 56.2 Å². The maximum absolute atomic E-state index is 13.4. The van der Waals surface area contributed by atoms with Crippen LogP contribution >= 0.6 is 0 Å². The van der Waals surface area contributed by atoms with Crippen molar-refractivity contribution in [1.82, 2.24) is 14.9 Å². The molecule has 1 saturated heterocycles.